The molecule has 0 bridgehead atoms. The standard InChI is InChI=1S/C14H26N4O3/c1-4-15-12-8-13(16-7-6-11(19)9-20-3)18-14(17-12)10-21-5-2/h8,11,19H,4-7,9-10H2,1-3H3,(H2,15,16,17,18). The average molecular weight is 298 g/mol. The quantitative estimate of drug-likeness (QED) is 0.566. The molecule has 0 radical (unpaired) electrons. The van der Waals surface area contributed by atoms with Crippen LogP contribution in [0.3, 0.4) is 0 Å². The van der Waals surface area contributed by atoms with Crippen molar-refractivity contribution >= 4 is 11.6 Å². The Labute approximate surface area is 126 Å². The molecule has 1 aromatic rings. The summed E-state index contributed by atoms with van der Waals surface area (Å²) in [4.78, 5) is 8.77. The number of nitrogens with one attached hydrogen (secondary N) is 2. The Balaban J connectivity index is 2.59. The molecule has 0 aliphatic carbocycles. The zero-order valence-corrected chi connectivity index (χ0v) is 13.1. The van der Waals surface area contributed by atoms with Crippen LogP contribution < -0.4 is 10.6 Å². The highest BCUT2D eigenvalue weighted by Gasteiger charge is 2.06. The lowest BCUT2D eigenvalue weighted by molar-refractivity contribution is 0.0615. The molecule has 0 amide bonds. The Bertz CT molecular complexity index is 404. The first-order valence-electron chi connectivity index (χ1n) is 7.30. The molecule has 1 unspecified atom stereocenters. The van der Waals surface area contributed by atoms with Gasteiger partial charge in [-0.3, -0.25) is 0 Å². The van der Waals surface area contributed by atoms with Gasteiger partial charge in [-0.15, -0.1) is 0 Å². The lowest BCUT2D eigenvalue weighted by Crippen LogP contribution is -2.19. The SMILES string of the molecule is CCNc1cc(NCCC(O)COC)nc(COCC)n1. The molecule has 7 nitrogen and oxygen atoms in total. The van der Waals surface area contributed by atoms with Gasteiger partial charge in [0.15, 0.2) is 5.82 Å². The van der Waals surface area contributed by atoms with Crippen molar-refractivity contribution in [3.05, 3.63) is 11.9 Å². The average Bonchev–Trinajstić information content (AvgIpc) is 2.45. The minimum atomic E-state index is -0.472. The Morgan fingerprint density at radius 3 is 2.57 bits per heavy atom. The lowest BCUT2D eigenvalue weighted by Gasteiger charge is -2.12. The molecule has 120 valence electrons. The molecule has 0 spiro atoms. The smallest absolute Gasteiger partial charge is 0.158 e. The van der Waals surface area contributed by atoms with Crippen molar-refractivity contribution in [3.63, 3.8) is 0 Å². The normalized spacial score (nSPS) is 12.2. The molecule has 1 rings (SSSR count). The zero-order chi connectivity index (χ0) is 15.5. The predicted molar refractivity (Wildman–Crippen MR) is 82.5 cm³/mol. The van der Waals surface area contributed by atoms with Gasteiger partial charge >= 0.3 is 0 Å². The number of rotatable bonds is 11. The Morgan fingerprint density at radius 1 is 1.24 bits per heavy atom. The van der Waals surface area contributed by atoms with E-state index in [1.165, 1.54) is 0 Å². The van der Waals surface area contributed by atoms with Crippen LogP contribution in [-0.2, 0) is 16.1 Å². The fourth-order valence-electron chi connectivity index (χ4n) is 1.76. The molecule has 0 aliphatic rings. The van der Waals surface area contributed by atoms with E-state index in [1.54, 1.807) is 7.11 Å². The highest BCUT2D eigenvalue weighted by Crippen LogP contribution is 2.12. The number of hydrogen-bond donors (Lipinski definition) is 3. The Morgan fingerprint density at radius 2 is 1.95 bits per heavy atom. The summed E-state index contributed by atoms with van der Waals surface area (Å²) < 4.78 is 10.2. The van der Waals surface area contributed by atoms with Crippen LogP contribution in [0.15, 0.2) is 6.07 Å². The van der Waals surface area contributed by atoms with Gasteiger partial charge in [0.25, 0.3) is 0 Å². The number of aliphatic hydroxyl groups excluding tert-OH is 1. The monoisotopic (exact) mass is 298 g/mol. The first-order valence-corrected chi connectivity index (χ1v) is 7.30. The number of nitrogens with zero attached hydrogens (tertiary/aromatic N) is 2. The molecule has 21 heavy (non-hydrogen) atoms. The van der Waals surface area contributed by atoms with Gasteiger partial charge in [0.05, 0.1) is 12.7 Å². The summed E-state index contributed by atoms with van der Waals surface area (Å²) in [5.41, 5.74) is 0. The topological polar surface area (TPSA) is 88.5 Å². The van der Waals surface area contributed by atoms with Crippen LogP contribution in [0.25, 0.3) is 0 Å². The van der Waals surface area contributed by atoms with E-state index < -0.39 is 6.10 Å². The molecule has 0 saturated carbocycles. The molecule has 7 heteroatoms. The van der Waals surface area contributed by atoms with E-state index in [-0.39, 0.29) is 0 Å². The van der Waals surface area contributed by atoms with Crippen LogP contribution in [-0.4, -0.2) is 54.6 Å². The maximum atomic E-state index is 9.61. The highest BCUT2D eigenvalue weighted by molar-refractivity contribution is 5.47. The number of hydrogen-bond acceptors (Lipinski definition) is 7. The minimum Gasteiger partial charge on any atom is -0.391 e. The summed E-state index contributed by atoms with van der Waals surface area (Å²) in [7, 11) is 1.57. The largest absolute Gasteiger partial charge is 0.391 e. The van der Waals surface area contributed by atoms with Crippen molar-refractivity contribution in [3.8, 4) is 0 Å². The van der Waals surface area contributed by atoms with E-state index in [4.69, 9.17) is 9.47 Å². The minimum absolute atomic E-state index is 0.337. The van der Waals surface area contributed by atoms with Gasteiger partial charge in [-0.1, -0.05) is 0 Å². The van der Waals surface area contributed by atoms with Gasteiger partial charge < -0.3 is 25.2 Å². The molecule has 0 aliphatic heterocycles. The van der Waals surface area contributed by atoms with Crippen LogP contribution in [0.5, 0.6) is 0 Å². The summed E-state index contributed by atoms with van der Waals surface area (Å²) >= 11 is 0. The van der Waals surface area contributed by atoms with Gasteiger partial charge in [0, 0.05) is 32.9 Å². The Kier molecular flexibility index (Phi) is 8.65. The second kappa shape index (κ2) is 10.3. The third-order valence-electron chi connectivity index (χ3n) is 2.71. The number of aromatic nitrogens is 2. The summed E-state index contributed by atoms with van der Waals surface area (Å²) in [6, 6.07) is 1.85. The van der Waals surface area contributed by atoms with Gasteiger partial charge in [-0.2, -0.15) is 0 Å². The summed E-state index contributed by atoms with van der Waals surface area (Å²) in [6.07, 6.45) is 0.121. The van der Waals surface area contributed by atoms with Crippen LogP contribution in [0, 0.1) is 0 Å². The summed E-state index contributed by atoms with van der Waals surface area (Å²) in [6.45, 7) is 6.70. The molecular formula is C14H26N4O3. The maximum Gasteiger partial charge on any atom is 0.158 e. The van der Waals surface area contributed by atoms with E-state index in [0.29, 0.717) is 38.6 Å². The number of methoxy groups -OCH3 is 1. The second-order valence-electron chi connectivity index (χ2n) is 4.55. The van der Waals surface area contributed by atoms with Crippen LogP contribution in [0.4, 0.5) is 11.6 Å². The van der Waals surface area contributed by atoms with Gasteiger partial charge in [-0.05, 0) is 20.3 Å². The fourth-order valence-corrected chi connectivity index (χ4v) is 1.76. The van der Waals surface area contributed by atoms with E-state index in [2.05, 4.69) is 20.6 Å². The van der Waals surface area contributed by atoms with Gasteiger partial charge in [0.1, 0.15) is 18.2 Å². The maximum absolute atomic E-state index is 9.61. The lowest BCUT2D eigenvalue weighted by atomic mass is 10.2. The van der Waals surface area contributed by atoms with Crippen molar-refractivity contribution in [2.45, 2.75) is 33.0 Å². The van der Waals surface area contributed by atoms with Crippen molar-refractivity contribution in [2.24, 2.45) is 0 Å². The third-order valence-corrected chi connectivity index (χ3v) is 2.71. The van der Waals surface area contributed by atoms with Crippen LogP contribution >= 0.6 is 0 Å². The molecule has 3 N–H and O–H groups in total. The molecule has 0 saturated heterocycles. The van der Waals surface area contributed by atoms with E-state index in [1.807, 2.05) is 19.9 Å². The first kappa shape index (κ1) is 17.6. The third kappa shape index (κ3) is 7.22. The predicted octanol–water partition coefficient (Wildman–Crippen LogP) is 1.25. The van der Waals surface area contributed by atoms with Gasteiger partial charge in [-0.25, -0.2) is 9.97 Å². The van der Waals surface area contributed by atoms with Crippen LogP contribution in [0.2, 0.25) is 0 Å². The molecule has 1 heterocycles. The molecule has 0 aromatic carbocycles. The van der Waals surface area contributed by atoms with Crippen molar-refractivity contribution in [2.75, 3.05) is 44.0 Å². The molecular weight excluding hydrogens is 272 g/mol. The molecule has 1 atom stereocenters. The fraction of sp³-hybridized carbons (Fsp3) is 0.714. The molecule has 0 fully saturated rings. The van der Waals surface area contributed by atoms with Crippen molar-refractivity contribution in [1.29, 1.82) is 0 Å². The summed E-state index contributed by atoms with van der Waals surface area (Å²) in [5.74, 6) is 2.12. The molecule has 1 aromatic heterocycles. The highest BCUT2D eigenvalue weighted by atomic mass is 16.5. The summed E-state index contributed by atoms with van der Waals surface area (Å²) in [5, 5.41) is 16.0. The number of ether oxygens (including phenoxy) is 2. The van der Waals surface area contributed by atoms with Crippen LogP contribution in [0.1, 0.15) is 26.1 Å². The van der Waals surface area contributed by atoms with E-state index in [0.717, 1.165) is 18.2 Å². The zero-order valence-electron chi connectivity index (χ0n) is 13.1. The number of aliphatic hydroxyl groups is 1. The second-order valence-corrected chi connectivity index (χ2v) is 4.55. The van der Waals surface area contributed by atoms with Crippen molar-refractivity contribution in [1.82, 2.24) is 9.97 Å². The number of anilines is 2. The van der Waals surface area contributed by atoms with E-state index >= 15 is 0 Å². The first-order chi connectivity index (χ1) is 10.2. The van der Waals surface area contributed by atoms with Gasteiger partial charge in [0.2, 0.25) is 0 Å². The van der Waals surface area contributed by atoms with E-state index in [9.17, 15) is 5.11 Å². The Hall–Kier alpha value is -1.44. The van der Waals surface area contributed by atoms with Crippen molar-refractivity contribution < 1.29 is 14.6 Å².